The molecule has 2 heterocycles. The molecule has 168 valence electrons. The monoisotopic (exact) mass is 548 g/mol. The molecule has 0 bridgehead atoms. The van der Waals surface area contributed by atoms with Crippen LogP contribution in [-0.4, -0.2) is 37.6 Å². The highest BCUT2D eigenvalue weighted by Crippen LogP contribution is 2.33. The molecule has 0 aliphatic carbocycles. The predicted octanol–water partition coefficient (Wildman–Crippen LogP) is 3.12. The van der Waals surface area contributed by atoms with Crippen LogP contribution in [0.3, 0.4) is 0 Å². The molecule has 0 spiro atoms. The third kappa shape index (κ3) is 5.95. The molecule has 0 saturated carbocycles. The van der Waals surface area contributed by atoms with Crippen molar-refractivity contribution < 1.29 is 13.2 Å². The summed E-state index contributed by atoms with van der Waals surface area (Å²) in [5, 5.41) is 14.2. The van der Waals surface area contributed by atoms with Gasteiger partial charge in [-0.1, -0.05) is 6.07 Å². The number of aromatic nitrogens is 5. The van der Waals surface area contributed by atoms with Crippen molar-refractivity contribution in [3.8, 4) is 5.69 Å². The first-order valence-electron chi connectivity index (χ1n) is 9.20. The number of guanidine groups is 1. The van der Waals surface area contributed by atoms with Crippen LogP contribution in [0, 0.1) is 13.8 Å². The lowest BCUT2D eigenvalue weighted by Crippen LogP contribution is -2.37. The largest absolute Gasteiger partial charge is 0.416 e. The molecule has 0 aliphatic rings. The number of benzene rings is 1. The zero-order valence-corrected chi connectivity index (χ0v) is 19.9. The first-order chi connectivity index (χ1) is 14.2. The fourth-order valence-electron chi connectivity index (χ4n) is 3.05. The molecule has 0 fully saturated rings. The molecule has 0 atom stereocenters. The fourth-order valence-corrected chi connectivity index (χ4v) is 3.05. The Hall–Kier alpha value is -2.64. The molecule has 0 aliphatic heterocycles. The van der Waals surface area contributed by atoms with E-state index in [0.29, 0.717) is 24.0 Å². The van der Waals surface area contributed by atoms with Gasteiger partial charge in [-0.2, -0.15) is 23.4 Å². The van der Waals surface area contributed by atoms with Gasteiger partial charge in [-0.3, -0.25) is 9.67 Å². The summed E-state index contributed by atoms with van der Waals surface area (Å²) < 4.78 is 44.2. The fraction of sp³-hybridized carbons (Fsp3) is 0.368. The number of nitrogens with one attached hydrogen (secondary N) is 2. The van der Waals surface area contributed by atoms with Crippen molar-refractivity contribution in [3.63, 3.8) is 0 Å². The third-order valence-electron chi connectivity index (χ3n) is 4.54. The Morgan fingerprint density at radius 2 is 1.84 bits per heavy atom. The van der Waals surface area contributed by atoms with E-state index in [9.17, 15) is 13.2 Å². The van der Waals surface area contributed by atoms with Gasteiger partial charge in [0.15, 0.2) is 5.96 Å². The van der Waals surface area contributed by atoms with Crippen LogP contribution in [0.25, 0.3) is 5.69 Å². The second kappa shape index (κ2) is 10.1. The maximum Gasteiger partial charge on any atom is 0.416 e. The minimum Gasteiger partial charge on any atom is -0.352 e. The summed E-state index contributed by atoms with van der Waals surface area (Å²) in [4.78, 5) is 8.13. The topological polar surface area (TPSA) is 84.9 Å². The van der Waals surface area contributed by atoms with Gasteiger partial charge < -0.3 is 10.6 Å². The SMILES string of the molecule is CN=C(NCc1ccc(-n2nc(C)cc2C)cc1C(F)(F)F)NCc1ncnn1C.I. The summed E-state index contributed by atoms with van der Waals surface area (Å²) in [5.74, 6) is 1.02. The van der Waals surface area contributed by atoms with E-state index < -0.39 is 11.7 Å². The number of aryl methyl sites for hydroxylation is 3. The van der Waals surface area contributed by atoms with Crippen molar-refractivity contribution in [2.24, 2.45) is 12.0 Å². The van der Waals surface area contributed by atoms with E-state index in [1.54, 1.807) is 38.7 Å². The lowest BCUT2D eigenvalue weighted by molar-refractivity contribution is -0.138. The van der Waals surface area contributed by atoms with Gasteiger partial charge in [-0.05, 0) is 37.6 Å². The highest BCUT2D eigenvalue weighted by Gasteiger charge is 2.33. The van der Waals surface area contributed by atoms with Crippen molar-refractivity contribution in [2.45, 2.75) is 33.1 Å². The van der Waals surface area contributed by atoms with E-state index in [4.69, 9.17) is 0 Å². The number of rotatable bonds is 5. The lowest BCUT2D eigenvalue weighted by Gasteiger charge is -2.17. The van der Waals surface area contributed by atoms with Crippen molar-refractivity contribution >= 4 is 29.9 Å². The summed E-state index contributed by atoms with van der Waals surface area (Å²) in [6.45, 7) is 3.88. The quantitative estimate of drug-likeness (QED) is 0.291. The third-order valence-corrected chi connectivity index (χ3v) is 4.54. The lowest BCUT2D eigenvalue weighted by atomic mass is 10.1. The van der Waals surface area contributed by atoms with Crippen LogP contribution in [0.5, 0.6) is 0 Å². The van der Waals surface area contributed by atoms with Gasteiger partial charge in [0.05, 0.1) is 23.5 Å². The number of aliphatic imine (C=N–C) groups is 1. The van der Waals surface area contributed by atoms with Crippen LogP contribution in [0.2, 0.25) is 0 Å². The number of halogens is 4. The summed E-state index contributed by atoms with van der Waals surface area (Å²) in [6, 6.07) is 6.01. The van der Waals surface area contributed by atoms with Gasteiger partial charge in [0.25, 0.3) is 0 Å². The average Bonchev–Trinajstić information content (AvgIpc) is 3.25. The molecule has 3 aromatic rings. The summed E-state index contributed by atoms with van der Waals surface area (Å²) >= 11 is 0. The Labute approximate surface area is 195 Å². The van der Waals surface area contributed by atoms with Gasteiger partial charge in [0, 0.05) is 26.3 Å². The van der Waals surface area contributed by atoms with Crippen molar-refractivity contribution in [1.82, 2.24) is 35.2 Å². The maximum absolute atomic E-state index is 13.7. The van der Waals surface area contributed by atoms with Crippen molar-refractivity contribution in [3.05, 3.63) is 58.9 Å². The molecule has 8 nitrogen and oxygen atoms in total. The molecule has 3 rings (SSSR count). The van der Waals surface area contributed by atoms with Crippen molar-refractivity contribution in [2.75, 3.05) is 7.05 Å². The molecule has 2 N–H and O–H groups in total. The Bertz CT molecular complexity index is 1050. The van der Waals surface area contributed by atoms with E-state index in [1.807, 2.05) is 6.07 Å². The standard InChI is InChI=1S/C19H23F3N8.HI/c1-12-7-13(2)30(28-12)15-6-5-14(16(8-15)19(20,21)22)9-24-18(23-3)25-10-17-26-11-27-29(17)4;/h5-8,11H,9-10H2,1-4H3,(H2,23,24,25);1H. The molecule has 0 amide bonds. The molecule has 0 saturated heterocycles. The van der Waals surface area contributed by atoms with Crippen LogP contribution in [-0.2, 0) is 26.3 Å². The normalized spacial score (nSPS) is 11.9. The van der Waals surface area contributed by atoms with Gasteiger partial charge in [-0.25, -0.2) is 9.67 Å². The molecular weight excluding hydrogens is 524 g/mol. The van der Waals surface area contributed by atoms with E-state index in [2.05, 4.69) is 30.8 Å². The highest BCUT2D eigenvalue weighted by atomic mass is 127. The Morgan fingerprint density at radius 1 is 1.13 bits per heavy atom. The molecule has 12 heteroatoms. The minimum atomic E-state index is -4.50. The van der Waals surface area contributed by atoms with E-state index in [0.717, 1.165) is 17.5 Å². The van der Waals surface area contributed by atoms with Gasteiger partial charge >= 0.3 is 6.18 Å². The predicted molar refractivity (Wildman–Crippen MR) is 121 cm³/mol. The van der Waals surface area contributed by atoms with E-state index in [-0.39, 0.29) is 36.1 Å². The first kappa shape index (κ1) is 24.6. The molecule has 0 unspecified atom stereocenters. The number of nitrogens with zero attached hydrogens (tertiary/aromatic N) is 6. The molecule has 0 radical (unpaired) electrons. The van der Waals surface area contributed by atoms with Crippen LogP contribution in [0.15, 0.2) is 35.6 Å². The first-order valence-corrected chi connectivity index (χ1v) is 9.20. The van der Waals surface area contributed by atoms with Gasteiger partial charge in [-0.15, -0.1) is 24.0 Å². The zero-order chi connectivity index (χ0) is 21.9. The molecule has 2 aromatic heterocycles. The highest BCUT2D eigenvalue weighted by molar-refractivity contribution is 14.0. The second-order valence-electron chi connectivity index (χ2n) is 6.76. The van der Waals surface area contributed by atoms with Crippen molar-refractivity contribution in [1.29, 1.82) is 0 Å². The second-order valence-corrected chi connectivity index (χ2v) is 6.76. The van der Waals surface area contributed by atoms with Crippen LogP contribution >= 0.6 is 24.0 Å². The Kier molecular flexibility index (Phi) is 8.03. The summed E-state index contributed by atoms with van der Waals surface area (Å²) in [5.41, 5.74) is 1.25. The number of hydrogen-bond donors (Lipinski definition) is 2. The minimum absolute atomic E-state index is 0. The molecule has 31 heavy (non-hydrogen) atoms. The summed E-state index contributed by atoms with van der Waals surface area (Å²) in [7, 11) is 3.29. The van der Waals surface area contributed by atoms with E-state index >= 15 is 0 Å². The van der Waals surface area contributed by atoms with Gasteiger partial charge in [0.2, 0.25) is 0 Å². The van der Waals surface area contributed by atoms with Gasteiger partial charge in [0.1, 0.15) is 12.2 Å². The molecule has 1 aromatic carbocycles. The maximum atomic E-state index is 13.7. The molecular formula is C19H24F3IN8. The Balaban J connectivity index is 0.00000341. The van der Waals surface area contributed by atoms with Crippen LogP contribution < -0.4 is 10.6 Å². The smallest absolute Gasteiger partial charge is 0.352 e. The van der Waals surface area contributed by atoms with E-state index in [1.165, 1.54) is 17.1 Å². The summed E-state index contributed by atoms with van der Waals surface area (Å²) in [6.07, 6.45) is -3.08. The number of hydrogen-bond acceptors (Lipinski definition) is 4. The van der Waals surface area contributed by atoms with Crippen LogP contribution in [0.1, 0.15) is 28.3 Å². The average molecular weight is 548 g/mol. The zero-order valence-electron chi connectivity index (χ0n) is 17.5. The number of alkyl halides is 3. The van der Waals surface area contributed by atoms with Crippen LogP contribution in [0.4, 0.5) is 13.2 Å². The Morgan fingerprint density at radius 3 is 2.39 bits per heavy atom.